The zero-order valence-corrected chi connectivity index (χ0v) is 14.0. The predicted molar refractivity (Wildman–Crippen MR) is 87.2 cm³/mol. The fourth-order valence-electron chi connectivity index (χ4n) is 2.41. The van der Waals surface area contributed by atoms with Gasteiger partial charge in [0.25, 0.3) is 11.6 Å². The lowest BCUT2D eigenvalue weighted by atomic mass is 10.3. The van der Waals surface area contributed by atoms with Gasteiger partial charge >= 0.3 is 0 Å². The first-order valence-corrected chi connectivity index (χ1v) is 7.91. The number of imidazole rings is 1. The molecule has 0 aliphatic rings. The number of hydrogen-bond acceptors (Lipinski definition) is 4. The van der Waals surface area contributed by atoms with Gasteiger partial charge in [-0.05, 0) is 18.2 Å². The van der Waals surface area contributed by atoms with Gasteiger partial charge in [0.1, 0.15) is 18.2 Å². The summed E-state index contributed by atoms with van der Waals surface area (Å²) in [5, 5.41) is 24.0. The van der Waals surface area contributed by atoms with Crippen molar-refractivity contribution in [3.05, 3.63) is 52.9 Å². The lowest BCUT2D eigenvalue weighted by Crippen LogP contribution is -2.36. The van der Waals surface area contributed by atoms with Crippen LogP contribution in [0.3, 0.4) is 0 Å². The Morgan fingerprint density at radius 1 is 1.46 bits per heavy atom. The number of aromatic nitrogens is 3. The van der Waals surface area contributed by atoms with Crippen molar-refractivity contribution in [3.8, 4) is 11.9 Å². The number of halogens is 1. The van der Waals surface area contributed by atoms with E-state index in [2.05, 4.69) is 26.2 Å². The first-order valence-electron chi connectivity index (χ1n) is 7.11. The third-order valence-corrected chi connectivity index (χ3v) is 3.92. The summed E-state index contributed by atoms with van der Waals surface area (Å²) >= 11 is 3.30. The summed E-state index contributed by atoms with van der Waals surface area (Å²) in [5.41, 5.74) is 0.537. The van der Waals surface area contributed by atoms with E-state index in [1.807, 2.05) is 6.07 Å². The summed E-state index contributed by atoms with van der Waals surface area (Å²) in [7, 11) is 0. The molecule has 3 heterocycles. The number of nitrogens with zero attached hydrogens (tertiary/aromatic N) is 4. The van der Waals surface area contributed by atoms with Crippen LogP contribution in [0.1, 0.15) is 16.9 Å². The minimum atomic E-state index is -0.553. The zero-order valence-electron chi connectivity index (χ0n) is 12.4. The quantitative estimate of drug-likeness (QED) is 0.690. The molecule has 120 valence electrons. The van der Waals surface area contributed by atoms with Crippen molar-refractivity contribution in [1.29, 1.82) is 5.26 Å². The first-order chi connectivity index (χ1) is 11.6. The third-order valence-electron chi connectivity index (χ3n) is 3.43. The Bertz CT molecular complexity index is 961. The van der Waals surface area contributed by atoms with Gasteiger partial charge in [-0.3, -0.25) is 4.79 Å². The second-order valence-corrected chi connectivity index (χ2v) is 5.87. The molecule has 0 spiro atoms. The van der Waals surface area contributed by atoms with Crippen molar-refractivity contribution >= 4 is 33.3 Å². The van der Waals surface area contributed by atoms with E-state index in [1.54, 1.807) is 42.7 Å². The van der Waals surface area contributed by atoms with Crippen LogP contribution >= 0.6 is 15.9 Å². The van der Waals surface area contributed by atoms with Crippen LogP contribution in [0.15, 0.2) is 47.2 Å². The molecule has 3 rings (SSSR count). The van der Waals surface area contributed by atoms with Gasteiger partial charge in [-0.25, -0.2) is 9.55 Å². The van der Waals surface area contributed by atoms with Gasteiger partial charge < -0.3 is 10.4 Å². The highest BCUT2D eigenvalue weighted by atomic mass is 79.9. The molecule has 0 aliphatic carbocycles. The molecular formula is C16H12BrN5O2. The largest absolute Gasteiger partial charge is 0.839 e. The SMILES string of the molecule is N#CCC[n+]1c([O-])c(C(=O)Nc2cc(Br)ccn2)n2ccccc21. The summed E-state index contributed by atoms with van der Waals surface area (Å²) in [6.07, 6.45) is 3.37. The molecule has 0 radical (unpaired) electrons. The minimum absolute atomic E-state index is 0.0229. The molecule has 3 aromatic heterocycles. The molecule has 0 aliphatic heterocycles. The molecule has 3 aromatic rings. The first kappa shape index (κ1) is 16.0. The molecular weight excluding hydrogens is 374 g/mol. The van der Waals surface area contributed by atoms with E-state index in [9.17, 15) is 9.90 Å². The molecule has 0 saturated heterocycles. The summed E-state index contributed by atoms with van der Waals surface area (Å²) in [5.74, 6) is -0.658. The Labute approximate surface area is 145 Å². The summed E-state index contributed by atoms with van der Waals surface area (Å²) in [6.45, 7) is 0.227. The van der Waals surface area contributed by atoms with Crippen LogP contribution in [0.2, 0.25) is 0 Å². The van der Waals surface area contributed by atoms with Crippen molar-refractivity contribution < 1.29 is 14.5 Å². The average Bonchev–Trinajstić information content (AvgIpc) is 2.84. The molecule has 24 heavy (non-hydrogen) atoms. The molecule has 8 heteroatoms. The number of fused-ring (bicyclic) bond motifs is 1. The fraction of sp³-hybridized carbons (Fsp3) is 0.125. The van der Waals surface area contributed by atoms with Gasteiger partial charge in [0.2, 0.25) is 5.69 Å². The highest BCUT2D eigenvalue weighted by molar-refractivity contribution is 9.10. The molecule has 0 bridgehead atoms. The maximum absolute atomic E-state index is 12.6. The number of aryl methyl sites for hydroxylation is 1. The number of carbonyl (C=O) groups excluding carboxylic acids is 1. The highest BCUT2D eigenvalue weighted by Crippen LogP contribution is 2.18. The fourth-order valence-corrected chi connectivity index (χ4v) is 2.75. The van der Waals surface area contributed by atoms with Crippen molar-refractivity contribution in [2.24, 2.45) is 0 Å². The molecule has 0 saturated carbocycles. The second kappa shape index (κ2) is 6.68. The van der Waals surface area contributed by atoms with Crippen LogP contribution in [0.4, 0.5) is 5.82 Å². The molecule has 0 aromatic carbocycles. The molecule has 7 nitrogen and oxygen atoms in total. The van der Waals surface area contributed by atoms with Crippen LogP contribution < -0.4 is 15.0 Å². The monoisotopic (exact) mass is 385 g/mol. The van der Waals surface area contributed by atoms with Crippen molar-refractivity contribution in [2.75, 3.05) is 5.32 Å². The Balaban J connectivity index is 2.04. The van der Waals surface area contributed by atoms with Crippen LogP contribution in [0, 0.1) is 11.3 Å². The standard InChI is InChI=1S/C16H12BrN5O2/c17-11-5-7-19-12(10-11)20-15(23)14-16(24)22(9-3-6-18)13-4-1-2-8-21(13)14/h1-2,4-5,7-8,10H,3,9H2,(H-,19,20,23,24). The number of hydrogen-bond donors (Lipinski definition) is 1. The van der Waals surface area contributed by atoms with Gasteiger partial charge in [-0.15, -0.1) is 0 Å². The number of amides is 1. The van der Waals surface area contributed by atoms with Crippen molar-refractivity contribution in [3.63, 3.8) is 0 Å². The summed E-state index contributed by atoms with van der Waals surface area (Å²) in [4.78, 5) is 16.6. The van der Waals surface area contributed by atoms with Gasteiger partial charge in [0.15, 0.2) is 0 Å². The maximum Gasteiger partial charge on any atom is 0.300 e. The lowest BCUT2D eigenvalue weighted by Gasteiger charge is -2.06. The third kappa shape index (κ3) is 2.94. The smallest absolute Gasteiger partial charge is 0.300 e. The van der Waals surface area contributed by atoms with Gasteiger partial charge in [-0.2, -0.15) is 9.66 Å². The summed E-state index contributed by atoms with van der Waals surface area (Å²) < 4.78 is 3.71. The number of anilines is 1. The number of nitriles is 1. The van der Waals surface area contributed by atoms with E-state index < -0.39 is 11.8 Å². The van der Waals surface area contributed by atoms with E-state index >= 15 is 0 Å². The van der Waals surface area contributed by atoms with Gasteiger partial charge in [-0.1, -0.05) is 22.0 Å². The van der Waals surface area contributed by atoms with E-state index in [4.69, 9.17) is 5.26 Å². The summed E-state index contributed by atoms with van der Waals surface area (Å²) in [6, 6.07) is 10.6. The van der Waals surface area contributed by atoms with Crippen LogP contribution in [-0.2, 0) is 6.54 Å². The van der Waals surface area contributed by atoms with E-state index in [0.717, 1.165) is 4.47 Å². The molecule has 1 N–H and O–H groups in total. The highest BCUT2D eigenvalue weighted by Gasteiger charge is 2.25. The zero-order chi connectivity index (χ0) is 17.1. The number of carbonyl (C=O) groups is 1. The minimum Gasteiger partial charge on any atom is -0.839 e. The Kier molecular flexibility index (Phi) is 4.44. The lowest BCUT2D eigenvalue weighted by molar-refractivity contribution is -0.711. The average molecular weight is 386 g/mol. The van der Waals surface area contributed by atoms with E-state index in [-0.39, 0.29) is 18.7 Å². The van der Waals surface area contributed by atoms with E-state index in [0.29, 0.717) is 11.5 Å². The maximum atomic E-state index is 12.6. The molecule has 1 amide bonds. The van der Waals surface area contributed by atoms with Crippen molar-refractivity contribution in [2.45, 2.75) is 13.0 Å². The van der Waals surface area contributed by atoms with Gasteiger partial charge in [0.05, 0.1) is 18.7 Å². The molecule has 0 fully saturated rings. The molecule has 0 unspecified atom stereocenters. The number of nitrogens with one attached hydrogen (secondary N) is 1. The second-order valence-electron chi connectivity index (χ2n) is 4.96. The van der Waals surface area contributed by atoms with Crippen LogP contribution in [0.5, 0.6) is 5.88 Å². The van der Waals surface area contributed by atoms with E-state index in [1.165, 1.54) is 8.97 Å². The Morgan fingerprint density at radius 3 is 3.04 bits per heavy atom. The normalized spacial score (nSPS) is 10.5. The van der Waals surface area contributed by atoms with Crippen molar-refractivity contribution in [1.82, 2.24) is 9.38 Å². The Hall–Kier alpha value is -2.92. The number of pyridine rings is 2. The van der Waals surface area contributed by atoms with Crippen LogP contribution in [-0.4, -0.2) is 15.3 Å². The number of rotatable bonds is 4. The predicted octanol–water partition coefficient (Wildman–Crippen LogP) is 1.62. The topological polar surface area (TPSA) is 97.1 Å². The Morgan fingerprint density at radius 2 is 2.29 bits per heavy atom. The van der Waals surface area contributed by atoms with Crippen LogP contribution in [0.25, 0.3) is 5.65 Å². The molecule has 0 atom stereocenters. The van der Waals surface area contributed by atoms with Gasteiger partial charge in [0, 0.05) is 16.7 Å².